The van der Waals surface area contributed by atoms with Gasteiger partial charge in [-0.15, -0.1) is 11.3 Å². The van der Waals surface area contributed by atoms with Crippen LogP contribution in [0.3, 0.4) is 0 Å². The lowest BCUT2D eigenvalue weighted by molar-refractivity contribution is -0.137. The molecule has 0 bridgehead atoms. The number of thiazole rings is 1. The zero-order chi connectivity index (χ0) is 16.8. The maximum atomic E-state index is 12.9. The first-order chi connectivity index (χ1) is 11.5. The highest BCUT2D eigenvalue weighted by atomic mass is 32.1. The van der Waals surface area contributed by atoms with Crippen molar-refractivity contribution < 1.29 is 9.59 Å². The maximum absolute atomic E-state index is 12.9. The van der Waals surface area contributed by atoms with Crippen molar-refractivity contribution in [2.45, 2.75) is 57.9 Å². The van der Waals surface area contributed by atoms with Crippen molar-refractivity contribution in [1.82, 2.24) is 14.8 Å². The first-order valence-corrected chi connectivity index (χ1v) is 9.86. The molecule has 1 aromatic heterocycles. The van der Waals surface area contributed by atoms with Crippen molar-refractivity contribution in [3.8, 4) is 0 Å². The summed E-state index contributed by atoms with van der Waals surface area (Å²) < 4.78 is 0. The third kappa shape index (κ3) is 2.96. The first kappa shape index (κ1) is 16.1. The molecule has 1 aromatic rings. The Bertz CT molecular complexity index is 648. The molecule has 3 fully saturated rings. The number of amides is 2. The number of nitrogens with zero attached hydrogens (tertiary/aromatic N) is 3. The second kappa shape index (κ2) is 6.14. The van der Waals surface area contributed by atoms with Gasteiger partial charge in [0.1, 0.15) is 0 Å². The fourth-order valence-corrected chi connectivity index (χ4v) is 4.99. The average Bonchev–Trinajstić information content (AvgIpc) is 3.27. The molecule has 2 saturated heterocycles. The first-order valence-electron chi connectivity index (χ1n) is 9.05. The lowest BCUT2D eigenvalue weighted by Gasteiger charge is -2.33. The number of aryl methyl sites for hydroxylation is 2. The fourth-order valence-electron chi connectivity index (χ4n) is 3.95. The van der Waals surface area contributed by atoms with Gasteiger partial charge in [-0.2, -0.15) is 0 Å². The van der Waals surface area contributed by atoms with Gasteiger partial charge >= 0.3 is 0 Å². The van der Waals surface area contributed by atoms with Crippen LogP contribution in [0.25, 0.3) is 0 Å². The molecule has 3 aliphatic rings. The standard InChI is InChI=1S/C18H25N3O2S/c1-11-12(2)24-17(19-11)13-4-3-7-20(9-13)18(23)14-8-16(22)21(10-14)15-5-6-15/h13-15H,3-10H2,1-2H3/t13-,14-/m1/s1. The predicted octanol–water partition coefficient (Wildman–Crippen LogP) is 2.48. The van der Waals surface area contributed by atoms with Crippen molar-refractivity contribution in [3.05, 3.63) is 15.6 Å². The molecule has 2 atom stereocenters. The van der Waals surface area contributed by atoms with Gasteiger partial charge < -0.3 is 9.80 Å². The number of likely N-dealkylation sites (tertiary alicyclic amines) is 2. The van der Waals surface area contributed by atoms with E-state index < -0.39 is 0 Å². The molecule has 3 heterocycles. The number of carbonyl (C=O) groups excluding carboxylic acids is 2. The number of hydrogen-bond donors (Lipinski definition) is 0. The van der Waals surface area contributed by atoms with Crippen LogP contribution < -0.4 is 0 Å². The molecule has 0 spiro atoms. The Morgan fingerprint density at radius 2 is 2.00 bits per heavy atom. The van der Waals surface area contributed by atoms with Gasteiger partial charge in [0.15, 0.2) is 0 Å². The molecule has 24 heavy (non-hydrogen) atoms. The van der Waals surface area contributed by atoms with E-state index in [0.29, 0.717) is 24.9 Å². The van der Waals surface area contributed by atoms with Crippen LogP contribution in [0.4, 0.5) is 0 Å². The summed E-state index contributed by atoms with van der Waals surface area (Å²) in [4.78, 5) is 34.9. The van der Waals surface area contributed by atoms with E-state index >= 15 is 0 Å². The second-order valence-corrected chi connectivity index (χ2v) is 8.73. The fraction of sp³-hybridized carbons (Fsp3) is 0.722. The van der Waals surface area contributed by atoms with E-state index in [9.17, 15) is 9.59 Å². The van der Waals surface area contributed by atoms with E-state index in [1.807, 2.05) is 9.80 Å². The maximum Gasteiger partial charge on any atom is 0.228 e. The zero-order valence-corrected chi connectivity index (χ0v) is 15.3. The van der Waals surface area contributed by atoms with Crippen molar-refractivity contribution in [1.29, 1.82) is 0 Å². The summed E-state index contributed by atoms with van der Waals surface area (Å²) >= 11 is 1.77. The minimum absolute atomic E-state index is 0.128. The van der Waals surface area contributed by atoms with Crippen LogP contribution in [0.1, 0.15) is 53.6 Å². The molecule has 0 aromatic carbocycles. The van der Waals surface area contributed by atoms with Crippen LogP contribution in [-0.2, 0) is 9.59 Å². The molecule has 1 aliphatic carbocycles. The van der Waals surface area contributed by atoms with Gasteiger partial charge in [0.25, 0.3) is 0 Å². The van der Waals surface area contributed by atoms with Crippen LogP contribution >= 0.6 is 11.3 Å². The van der Waals surface area contributed by atoms with Gasteiger partial charge in [-0.3, -0.25) is 9.59 Å². The Morgan fingerprint density at radius 1 is 1.21 bits per heavy atom. The summed E-state index contributed by atoms with van der Waals surface area (Å²) in [5.74, 6) is 0.588. The summed E-state index contributed by atoms with van der Waals surface area (Å²) in [5.41, 5.74) is 1.11. The minimum Gasteiger partial charge on any atom is -0.342 e. The van der Waals surface area contributed by atoms with Gasteiger partial charge in [-0.25, -0.2) is 4.98 Å². The molecular weight excluding hydrogens is 322 g/mol. The molecule has 130 valence electrons. The lowest BCUT2D eigenvalue weighted by Crippen LogP contribution is -2.43. The second-order valence-electron chi connectivity index (χ2n) is 7.50. The molecule has 2 aliphatic heterocycles. The molecule has 1 saturated carbocycles. The van der Waals surface area contributed by atoms with Crippen molar-refractivity contribution >= 4 is 23.2 Å². The summed E-state index contributed by atoms with van der Waals surface area (Å²) in [7, 11) is 0. The average molecular weight is 347 g/mol. The van der Waals surface area contributed by atoms with Gasteiger partial charge in [-0.05, 0) is 39.5 Å². The van der Waals surface area contributed by atoms with Crippen LogP contribution in [0.2, 0.25) is 0 Å². The van der Waals surface area contributed by atoms with E-state index in [2.05, 4.69) is 13.8 Å². The monoisotopic (exact) mass is 347 g/mol. The minimum atomic E-state index is -0.128. The highest BCUT2D eigenvalue weighted by Gasteiger charge is 2.43. The quantitative estimate of drug-likeness (QED) is 0.844. The topological polar surface area (TPSA) is 53.5 Å². The van der Waals surface area contributed by atoms with Gasteiger partial charge in [-0.1, -0.05) is 0 Å². The van der Waals surface area contributed by atoms with Gasteiger partial charge in [0.05, 0.1) is 16.6 Å². The van der Waals surface area contributed by atoms with Crippen LogP contribution in [0, 0.1) is 19.8 Å². The normalized spacial score (nSPS) is 27.8. The van der Waals surface area contributed by atoms with E-state index in [1.165, 1.54) is 9.88 Å². The number of piperidine rings is 1. The zero-order valence-electron chi connectivity index (χ0n) is 14.5. The molecule has 2 amide bonds. The molecule has 0 N–H and O–H groups in total. The van der Waals surface area contributed by atoms with E-state index in [-0.39, 0.29) is 17.7 Å². The third-order valence-corrected chi connectivity index (χ3v) is 6.86. The Kier molecular flexibility index (Phi) is 4.11. The Hall–Kier alpha value is -1.43. The van der Waals surface area contributed by atoms with Gasteiger partial charge in [0, 0.05) is 42.9 Å². The Morgan fingerprint density at radius 3 is 2.67 bits per heavy atom. The van der Waals surface area contributed by atoms with Crippen molar-refractivity contribution in [3.63, 3.8) is 0 Å². The highest BCUT2D eigenvalue weighted by Crippen LogP contribution is 2.35. The number of rotatable bonds is 3. The number of aromatic nitrogens is 1. The smallest absolute Gasteiger partial charge is 0.228 e. The molecule has 0 unspecified atom stereocenters. The number of hydrogen-bond acceptors (Lipinski definition) is 4. The number of carbonyl (C=O) groups is 2. The van der Waals surface area contributed by atoms with Gasteiger partial charge in [0.2, 0.25) is 11.8 Å². The summed E-state index contributed by atoms with van der Waals surface area (Å²) in [6.07, 6.45) is 4.77. The molecule has 6 heteroatoms. The summed E-state index contributed by atoms with van der Waals surface area (Å²) in [5, 5.41) is 1.17. The largest absolute Gasteiger partial charge is 0.342 e. The van der Waals surface area contributed by atoms with E-state index in [0.717, 1.165) is 44.5 Å². The molecular formula is C18H25N3O2S. The SMILES string of the molecule is Cc1nc([C@@H]2CCCN(C(=O)[C@@H]3CC(=O)N(C4CC4)C3)C2)sc1C. The lowest BCUT2D eigenvalue weighted by atomic mass is 9.96. The predicted molar refractivity (Wildman–Crippen MR) is 93.0 cm³/mol. The summed E-state index contributed by atoms with van der Waals surface area (Å²) in [6, 6.07) is 0.422. The van der Waals surface area contributed by atoms with Crippen LogP contribution in [0.15, 0.2) is 0 Å². The van der Waals surface area contributed by atoms with Crippen LogP contribution in [0.5, 0.6) is 0 Å². The molecule has 0 radical (unpaired) electrons. The Balaban J connectivity index is 1.42. The van der Waals surface area contributed by atoms with E-state index in [4.69, 9.17) is 4.98 Å². The summed E-state index contributed by atoms with van der Waals surface area (Å²) in [6.45, 7) is 6.39. The highest BCUT2D eigenvalue weighted by molar-refractivity contribution is 7.11. The van der Waals surface area contributed by atoms with E-state index in [1.54, 1.807) is 11.3 Å². The molecule has 5 nitrogen and oxygen atoms in total. The van der Waals surface area contributed by atoms with Crippen LogP contribution in [-0.4, -0.2) is 52.3 Å². The Labute approximate surface area is 147 Å². The molecule has 4 rings (SSSR count). The third-order valence-electron chi connectivity index (χ3n) is 5.62. The van der Waals surface area contributed by atoms with Crippen molar-refractivity contribution in [2.75, 3.05) is 19.6 Å². The van der Waals surface area contributed by atoms with Crippen molar-refractivity contribution in [2.24, 2.45) is 5.92 Å².